The molecule has 2 nitrogen and oxygen atoms in total. The maximum absolute atomic E-state index is 4.43. The van der Waals surface area contributed by atoms with Gasteiger partial charge in [0.15, 0.2) is 0 Å². The Kier molecular flexibility index (Phi) is 3.32. The summed E-state index contributed by atoms with van der Waals surface area (Å²) in [5.74, 6) is 1.63. The average Bonchev–Trinajstić information content (AvgIpc) is 2.72. The van der Waals surface area contributed by atoms with E-state index in [0.29, 0.717) is 5.92 Å². The quantitative estimate of drug-likeness (QED) is 0.783. The van der Waals surface area contributed by atoms with Crippen LogP contribution in [0.25, 0.3) is 0 Å². The van der Waals surface area contributed by atoms with E-state index >= 15 is 0 Å². The summed E-state index contributed by atoms with van der Waals surface area (Å²) in [6, 6.07) is 6.47. The topological polar surface area (TPSA) is 17.8 Å². The fourth-order valence-electron chi connectivity index (χ4n) is 2.22. The number of aromatic nitrogens is 2. The van der Waals surface area contributed by atoms with Crippen LogP contribution in [0.4, 0.5) is 0 Å². The van der Waals surface area contributed by atoms with Crippen molar-refractivity contribution in [1.82, 2.24) is 9.55 Å². The maximum Gasteiger partial charge on any atom is 0.111 e. The molecule has 0 aliphatic rings. The average molecular weight is 228 g/mol. The minimum Gasteiger partial charge on any atom is -0.330 e. The van der Waals surface area contributed by atoms with Gasteiger partial charge in [-0.3, -0.25) is 0 Å². The smallest absolute Gasteiger partial charge is 0.111 e. The molecule has 0 spiro atoms. The lowest BCUT2D eigenvalue weighted by molar-refractivity contribution is 0.666. The monoisotopic (exact) mass is 228 g/mol. The highest BCUT2D eigenvalue weighted by Gasteiger charge is 2.09. The van der Waals surface area contributed by atoms with Crippen molar-refractivity contribution in [3.63, 3.8) is 0 Å². The molecule has 0 radical (unpaired) electrons. The van der Waals surface area contributed by atoms with Crippen LogP contribution < -0.4 is 0 Å². The van der Waals surface area contributed by atoms with Crippen molar-refractivity contribution >= 4 is 0 Å². The van der Waals surface area contributed by atoms with Crippen molar-refractivity contribution in [3.8, 4) is 0 Å². The minimum atomic E-state index is 0.467. The Labute approximate surface area is 103 Å². The Hall–Kier alpha value is -1.57. The molecule has 17 heavy (non-hydrogen) atoms. The van der Waals surface area contributed by atoms with Crippen LogP contribution in [-0.4, -0.2) is 9.55 Å². The Morgan fingerprint density at radius 3 is 2.41 bits per heavy atom. The molecule has 0 N–H and O–H groups in total. The van der Waals surface area contributed by atoms with Gasteiger partial charge in [0.1, 0.15) is 5.82 Å². The van der Waals surface area contributed by atoms with Crippen molar-refractivity contribution in [2.45, 2.75) is 40.2 Å². The summed E-state index contributed by atoms with van der Waals surface area (Å²) < 4.78 is 2.25. The van der Waals surface area contributed by atoms with E-state index in [9.17, 15) is 0 Å². The summed E-state index contributed by atoms with van der Waals surface area (Å²) in [5, 5.41) is 0. The van der Waals surface area contributed by atoms with Crippen molar-refractivity contribution in [2.24, 2.45) is 0 Å². The van der Waals surface area contributed by atoms with Crippen LogP contribution in [0, 0.1) is 13.8 Å². The van der Waals surface area contributed by atoms with Crippen LogP contribution >= 0.6 is 0 Å². The van der Waals surface area contributed by atoms with Gasteiger partial charge in [-0.2, -0.15) is 0 Å². The van der Waals surface area contributed by atoms with Gasteiger partial charge < -0.3 is 4.57 Å². The first-order valence-electron chi connectivity index (χ1n) is 6.15. The maximum atomic E-state index is 4.43. The molecule has 1 heterocycles. The summed E-state index contributed by atoms with van der Waals surface area (Å²) in [6.45, 7) is 9.64. The molecule has 0 saturated carbocycles. The van der Waals surface area contributed by atoms with Gasteiger partial charge in [0, 0.05) is 24.9 Å². The number of nitrogens with zero attached hydrogens (tertiary/aromatic N) is 2. The van der Waals surface area contributed by atoms with Crippen LogP contribution in [0.15, 0.2) is 30.6 Å². The molecule has 1 aromatic heterocycles. The molecule has 2 aromatic rings. The molecule has 0 amide bonds. The Bertz CT molecular complexity index is 489. The lowest BCUT2D eigenvalue weighted by Crippen LogP contribution is -2.08. The zero-order valence-corrected chi connectivity index (χ0v) is 11.1. The lowest BCUT2D eigenvalue weighted by atomic mass is 10.0. The zero-order chi connectivity index (χ0) is 12.4. The molecule has 90 valence electrons. The van der Waals surface area contributed by atoms with Gasteiger partial charge in [0.05, 0.1) is 0 Å². The largest absolute Gasteiger partial charge is 0.330 e. The Morgan fingerprint density at radius 1 is 1.18 bits per heavy atom. The molecule has 0 bridgehead atoms. The normalized spacial score (nSPS) is 11.1. The third kappa shape index (κ3) is 2.41. The molecular weight excluding hydrogens is 208 g/mol. The highest BCUT2D eigenvalue weighted by Crippen LogP contribution is 2.18. The van der Waals surface area contributed by atoms with E-state index < -0.39 is 0 Å². The van der Waals surface area contributed by atoms with Gasteiger partial charge in [-0.15, -0.1) is 0 Å². The zero-order valence-electron chi connectivity index (χ0n) is 11.1. The number of aryl methyl sites for hydroxylation is 2. The first-order valence-corrected chi connectivity index (χ1v) is 6.15. The summed E-state index contributed by atoms with van der Waals surface area (Å²) in [4.78, 5) is 4.43. The predicted molar refractivity (Wildman–Crippen MR) is 71.3 cm³/mol. The number of hydrogen-bond donors (Lipinski definition) is 0. The van der Waals surface area contributed by atoms with E-state index in [2.05, 4.69) is 61.6 Å². The van der Waals surface area contributed by atoms with E-state index in [1.807, 2.05) is 6.20 Å². The van der Waals surface area contributed by atoms with E-state index in [1.165, 1.54) is 16.7 Å². The van der Waals surface area contributed by atoms with Crippen LogP contribution in [0.5, 0.6) is 0 Å². The van der Waals surface area contributed by atoms with Crippen molar-refractivity contribution in [2.75, 3.05) is 0 Å². The second-order valence-corrected chi connectivity index (χ2v) is 4.94. The highest BCUT2D eigenvalue weighted by atomic mass is 15.1. The second-order valence-electron chi connectivity index (χ2n) is 4.94. The van der Waals surface area contributed by atoms with Crippen molar-refractivity contribution in [3.05, 3.63) is 53.1 Å². The Balaban J connectivity index is 2.35. The van der Waals surface area contributed by atoms with Crippen LogP contribution in [0.2, 0.25) is 0 Å². The van der Waals surface area contributed by atoms with Gasteiger partial charge in [-0.05, 0) is 30.5 Å². The van der Waals surface area contributed by atoms with Gasteiger partial charge in [-0.1, -0.05) is 32.0 Å². The Morgan fingerprint density at radius 2 is 1.82 bits per heavy atom. The number of imidazole rings is 1. The van der Waals surface area contributed by atoms with Gasteiger partial charge in [0.25, 0.3) is 0 Å². The van der Waals surface area contributed by atoms with Crippen LogP contribution in [0.1, 0.15) is 42.3 Å². The molecule has 2 heteroatoms. The molecule has 0 atom stereocenters. The number of hydrogen-bond acceptors (Lipinski definition) is 1. The first-order chi connectivity index (χ1) is 8.09. The summed E-state index contributed by atoms with van der Waals surface area (Å²) >= 11 is 0. The van der Waals surface area contributed by atoms with E-state index in [1.54, 1.807) is 0 Å². The third-order valence-electron chi connectivity index (χ3n) is 3.24. The SMILES string of the molecule is Cc1cccc(C)c1Cn1ccnc1C(C)C. The molecule has 2 rings (SSSR count). The first kappa shape index (κ1) is 11.9. The summed E-state index contributed by atoms with van der Waals surface area (Å²) in [5.41, 5.74) is 4.12. The molecule has 0 aliphatic carbocycles. The van der Waals surface area contributed by atoms with E-state index in [-0.39, 0.29) is 0 Å². The van der Waals surface area contributed by atoms with E-state index in [0.717, 1.165) is 12.4 Å². The van der Waals surface area contributed by atoms with Crippen molar-refractivity contribution < 1.29 is 0 Å². The fraction of sp³-hybridized carbons (Fsp3) is 0.400. The molecular formula is C15H20N2. The second kappa shape index (κ2) is 4.74. The molecule has 0 aliphatic heterocycles. The third-order valence-corrected chi connectivity index (χ3v) is 3.24. The van der Waals surface area contributed by atoms with Gasteiger partial charge in [-0.25, -0.2) is 4.98 Å². The van der Waals surface area contributed by atoms with Crippen LogP contribution in [0.3, 0.4) is 0 Å². The van der Waals surface area contributed by atoms with Crippen molar-refractivity contribution in [1.29, 1.82) is 0 Å². The summed E-state index contributed by atoms with van der Waals surface area (Å²) in [7, 11) is 0. The number of rotatable bonds is 3. The molecule has 1 aromatic carbocycles. The molecule has 0 saturated heterocycles. The number of benzene rings is 1. The molecule has 0 unspecified atom stereocenters. The lowest BCUT2D eigenvalue weighted by Gasteiger charge is -2.14. The van der Waals surface area contributed by atoms with Gasteiger partial charge in [0.2, 0.25) is 0 Å². The van der Waals surface area contributed by atoms with Gasteiger partial charge >= 0.3 is 0 Å². The highest BCUT2D eigenvalue weighted by molar-refractivity contribution is 5.33. The van der Waals surface area contributed by atoms with Crippen LogP contribution in [-0.2, 0) is 6.54 Å². The predicted octanol–water partition coefficient (Wildman–Crippen LogP) is 3.67. The van der Waals surface area contributed by atoms with E-state index in [4.69, 9.17) is 0 Å². The molecule has 0 fully saturated rings. The summed E-state index contributed by atoms with van der Waals surface area (Å²) in [6.07, 6.45) is 3.96. The minimum absolute atomic E-state index is 0.467. The standard InChI is InChI=1S/C15H20N2/c1-11(2)15-16-8-9-17(15)10-14-12(3)6-5-7-13(14)4/h5-9,11H,10H2,1-4H3. The fourth-order valence-corrected chi connectivity index (χ4v) is 2.22.